The summed E-state index contributed by atoms with van der Waals surface area (Å²) in [4.78, 5) is 12.9. The fraction of sp³-hybridized carbons (Fsp3) is 0.300. The molecule has 4 heteroatoms. The van der Waals surface area contributed by atoms with Crippen molar-refractivity contribution in [2.24, 2.45) is 5.73 Å². The smallest absolute Gasteiger partial charge is 0.260 e. The molecule has 0 bridgehead atoms. The van der Waals surface area contributed by atoms with E-state index in [1.807, 2.05) is 36.2 Å². The van der Waals surface area contributed by atoms with Crippen molar-refractivity contribution in [1.82, 2.24) is 0 Å². The average molecular weight is 192 g/mol. The first-order valence-electron chi connectivity index (χ1n) is 4.44. The van der Waals surface area contributed by atoms with E-state index >= 15 is 0 Å². The highest BCUT2D eigenvalue weighted by Crippen LogP contribution is 2.31. The van der Waals surface area contributed by atoms with Gasteiger partial charge in [0.2, 0.25) is 0 Å². The van der Waals surface area contributed by atoms with Gasteiger partial charge in [-0.1, -0.05) is 12.1 Å². The Balaban J connectivity index is 2.33. The van der Waals surface area contributed by atoms with Crippen molar-refractivity contribution in [3.8, 4) is 5.75 Å². The molecule has 14 heavy (non-hydrogen) atoms. The van der Waals surface area contributed by atoms with Gasteiger partial charge in [0.15, 0.2) is 6.10 Å². The summed E-state index contributed by atoms with van der Waals surface area (Å²) in [6, 6.07) is 7.59. The first kappa shape index (κ1) is 8.87. The number of benzene rings is 1. The van der Waals surface area contributed by atoms with Crippen LogP contribution >= 0.6 is 0 Å². The molecule has 0 aromatic heterocycles. The predicted octanol–water partition coefficient (Wildman–Crippen LogP) is 0.369. The number of carbonyl (C=O) groups is 1. The van der Waals surface area contributed by atoms with Gasteiger partial charge in [-0.3, -0.25) is 4.79 Å². The van der Waals surface area contributed by atoms with Gasteiger partial charge in [-0.2, -0.15) is 0 Å². The molecule has 0 spiro atoms. The maximum Gasteiger partial charge on any atom is 0.260 e. The van der Waals surface area contributed by atoms with Crippen LogP contribution in [0.3, 0.4) is 0 Å². The van der Waals surface area contributed by atoms with Crippen molar-refractivity contribution < 1.29 is 9.53 Å². The van der Waals surface area contributed by atoms with E-state index in [4.69, 9.17) is 10.5 Å². The van der Waals surface area contributed by atoms with Crippen LogP contribution in [0.25, 0.3) is 0 Å². The Morgan fingerprint density at radius 2 is 2.29 bits per heavy atom. The molecule has 1 aromatic carbocycles. The molecule has 0 radical (unpaired) electrons. The van der Waals surface area contributed by atoms with E-state index in [9.17, 15) is 4.79 Å². The lowest BCUT2D eigenvalue weighted by Gasteiger charge is -2.32. The second-order valence-electron chi connectivity index (χ2n) is 3.36. The number of anilines is 1. The number of primary amides is 1. The third kappa shape index (κ3) is 1.39. The molecule has 0 aliphatic carbocycles. The number of nitrogens with two attached hydrogens (primary N) is 1. The van der Waals surface area contributed by atoms with E-state index in [1.54, 1.807) is 0 Å². The summed E-state index contributed by atoms with van der Waals surface area (Å²) < 4.78 is 5.45. The van der Waals surface area contributed by atoms with E-state index in [1.165, 1.54) is 0 Å². The Morgan fingerprint density at radius 3 is 3.00 bits per heavy atom. The van der Waals surface area contributed by atoms with Gasteiger partial charge in [0.25, 0.3) is 5.91 Å². The lowest BCUT2D eigenvalue weighted by Crippen LogP contribution is -2.45. The highest BCUT2D eigenvalue weighted by molar-refractivity contribution is 5.81. The molecule has 0 saturated heterocycles. The summed E-state index contributed by atoms with van der Waals surface area (Å²) in [5.41, 5.74) is 6.19. The van der Waals surface area contributed by atoms with Crippen molar-refractivity contribution in [3.63, 3.8) is 0 Å². The third-order valence-electron chi connectivity index (χ3n) is 2.30. The Labute approximate surface area is 82.3 Å². The van der Waals surface area contributed by atoms with Crippen molar-refractivity contribution >= 4 is 11.6 Å². The lowest BCUT2D eigenvalue weighted by molar-refractivity contribution is -0.124. The second-order valence-corrected chi connectivity index (χ2v) is 3.36. The summed E-state index contributed by atoms with van der Waals surface area (Å²) in [6.07, 6.45) is -0.546. The summed E-state index contributed by atoms with van der Waals surface area (Å²) in [7, 11) is 1.91. The number of para-hydroxylation sites is 2. The molecule has 1 aliphatic rings. The van der Waals surface area contributed by atoms with Gasteiger partial charge in [-0.25, -0.2) is 0 Å². The molecule has 2 N–H and O–H groups in total. The van der Waals surface area contributed by atoms with Gasteiger partial charge in [-0.05, 0) is 12.1 Å². The topological polar surface area (TPSA) is 55.6 Å². The molecule has 1 amide bonds. The maximum absolute atomic E-state index is 11.0. The van der Waals surface area contributed by atoms with E-state index in [0.717, 1.165) is 5.69 Å². The minimum atomic E-state index is -0.546. The van der Waals surface area contributed by atoms with Crippen LogP contribution in [0, 0.1) is 0 Å². The number of carbonyl (C=O) groups excluding carboxylic acids is 1. The standard InChI is InChI=1S/C10H12N2O2/c1-12-6-9(10(11)13)14-8-5-3-2-4-7(8)12/h2-5,9H,6H2,1H3,(H2,11,13)/t9-/m1/s1. The van der Waals surface area contributed by atoms with Gasteiger partial charge in [0.1, 0.15) is 5.75 Å². The van der Waals surface area contributed by atoms with Crippen molar-refractivity contribution in [2.75, 3.05) is 18.5 Å². The molecule has 74 valence electrons. The Kier molecular flexibility index (Phi) is 2.04. The molecule has 0 saturated carbocycles. The predicted molar refractivity (Wildman–Crippen MR) is 53.3 cm³/mol. The highest BCUT2D eigenvalue weighted by atomic mass is 16.5. The average Bonchev–Trinajstić information content (AvgIpc) is 2.17. The van der Waals surface area contributed by atoms with Gasteiger partial charge in [0, 0.05) is 7.05 Å². The second kappa shape index (κ2) is 3.21. The fourth-order valence-electron chi connectivity index (χ4n) is 1.56. The first-order chi connectivity index (χ1) is 6.68. The van der Waals surface area contributed by atoms with Gasteiger partial charge < -0.3 is 15.4 Å². The van der Waals surface area contributed by atoms with E-state index in [0.29, 0.717) is 12.3 Å². The zero-order valence-electron chi connectivity index (χ0n) is 7.93. The quantitative estimate of drug-likeness (QED) is 0.699. The molecule has 1 aliphatic heterocycles. The Morgan fingerprint density at radius 1 is 1.57 bits per heavy atom. The van der Waals surface area contributed by atoms with Crippen molar-refractivity contribution in [1.29, 1.82) is 0 Å². The van der Waals surface area contributed by atoms with Crippen LogP contribution < -0.4 is 15.4 Å². The molecule has 1 aromatic rings. The highest BCUT2D eigenvalue weighted by Gasteiger charge is 2.26. The van der Waals surface area contributed by atoms with Gasteiger partial charge >= 0.3 is 0 Å². The molecular weight excluding hydrogens is 180 g/mol. The number of hydrogen-bond acceptors (Lipinski definition) is 3. The van der Waals surface area contributed by atoms with Crippen LogP contribution in [-0.2, 0) is 4.79 Å². The SMILES string of the molecule is CN1C[C@H](C(N)=O)Oc2ccccc21. The number of ether oxygens (including phenoxy) is 1. The van der Waals surface area contributed by atoms with E-state index in [-0.39, 0.29) is 0 Å². The molecule has 1 atom stereocenters. The number of rotatable bonds is 1. The Hall–Kier alpha value is -1.71. The zero-order chi connectivity index (χ0) is 10.1. The Bertz CT molecular complexity index is 365. The minimum absolute atomic E-state index is 0.425. The van der Waals surface area contributed by atoms with Crippen LogP contribution in [0.4, 0.5) is 5.69 Å². The van der Waals surface area contributed by atoms with Gasteiger partial charge in [-0.15, -0.1) is 0 Å². The van der Waals surface area contributed by atoms with Crippen LogP contribution in [-0.4, -0.2) is 25.6 Å². The summed E-state index contributed by atoms with van der Waals surface area (Å²) in [5.74, 6) is 0.288. The summed E-state index contributed by atoms with van der Waals surface area (Å²) in [5, 5.41) is 0. The molecule has 0 unspecified atom stereocenters. The number of amides is 1. The van der Waals surface area contributed by atoms with Crippen LogP contribution in [0.1, 0.15) is 0 Å². The lowest BCUT2D eigenvalue weighted by atomic mass is 10.2. The van der Waals surface area contributed by atoms with E-state index in [2.05, 4.69) is 0 Å². The molecule has 4 nitrogen and oxygen atoms in total. The monoisotopic (exact) mass is 192 g/mol. The first-order valence-corrected chi connectivity index (χ1v) is 4.44. The molecule has 1 heterocycles. The summed E-state index contributed by atoms with van der Waals surface area (Å²) in [6.45, 7) is 0.506. The van der Waals surface area contributed by atoms with Crippen LogP contribution in [0.15, 0.2) is 24.3 Å². The number of hydrogen-bond donors (Lipinski definition) is 1. The summed E-state index contributed by atoms with van der Waals surface area (Å²) >= 11 is 0. The largest absolute Gasteiger partial charge is 0.477 e. The third-order valence-corrected chi connectivity index (χ3v) is 2.30. The normalized spacial score (nSPS) is 19.8. The zero-order valence-corrected chi connectivity index (χ0v) is 7.93. The fourth-order valence-corrected chi connectivity index (χ4v) is 1.56. The minimum Gasteiger partial charge on any atom is -0.477 e. The van der Waals surface area contributed by atoms with Gasteiger partial charge in [0.05, 0.1) is 12.2 Å². The maximum atomic E-state index is 11.0. The van der Waals surface area contributed by atoms with Crippen molar-refractivity contribution in [3.05, 3.63) is 24.3 Å². The van der Waals surface area contributed by atoms with Crippen LogP contribution in [0.2, 0.25) is 0 Å². The number of likely N-dealkylation sites (N-methyl/N-ethyl adjacent to an activating group) is 1. The van der Waals surface area contributed by atoms with E-state index < -0.39 is 12.0 Å². The molecule has 2 rings (SSSR count). The molecular formula is C10H12N2O2. The van der Waals surface area contributed by atoms with Crippen LogP contribution in [0.5, 0.6) is 5.75 Å². The van der Waals surface area contributed by atoms with Crippen molar-refractivity contribution in [2.45, 2.75) is 6.10 Å². The number of fused-ring (bicyclic) bond motifs is 1. The molecule has 0 fully saturated rings. The number of nitrogens with zero attached hydrogens (tertiary/aromatic N) is 1.